The van der Waals surface area contributed by atoms with Gasteiger partial charge in [0, 0.05) is 12.0 Å². The molecule has 2 aliphatic heterocycles. The first kappa shape index (κ1) is 23.6. The Morgan fingerprint density at radius 2 is 1.74 bits per heavy atom. The van der Waals surface area contributed by atoms with Crippen molar-refractivity contribution < 1.29 is 34.1 Å². The Balaban J connectivity index is 1.71. The van der Waals surface area contributed by atoms with Crippen LogP contribution in [0.2, 0.25) is 0 Å². The molecule has 2 aromatic rings. The largest absolute Gasteiger partial charge is 0.380 e. The first-order valence-corrected chi connectivity index (χ1v) is 10.7. The summed E-state index contributed by atoms with van der Waals surface area (Å²) in [7, 11) is 0. The van der Waals surface area contributed by atoms with E-state index in [1.807, 2.05) is 0 Å². The van der Waals surface area contributed by atoms with Gasteiger partial charge in [0.25, 0.3) is 0 Å². The van der Waals surface area contributed by atoms with E-state index in [9.17, 15) is 29.4 Å². The van der Waals surface area contributed by atoms with Crippen LogP contribution in [0.4, 0.5) is 9.59 Å². The van der Waals surface area contributed by atoms with Crippen LogP contribution in [-0.2, 0) is 9.53 Å². The minimum Gasteiger partial charge on any atom is -0.380 e. The number of ketones is 2. The number of carbonyl (C=O) groups is 4. The van der Waals surface area contributed by atoms with E-state index < -0.39 is 54.1 Å². The van der Waals surface area contributed by atoms with Crippen molar-refractivity contribution in [2.24, 2.45) is 0 Å². The van der Waals surface area contributed by atoms with Crippen molar-refractivity contribution in [3.05, 3.63) is 70.8 Å². The fourth-order valence-electron chi connectivity index (χ4n) is 4.31. The number of benzene rings is 2. The molecule has 0 saturated carbocycles. The maximum atomic E-state index is 13.5. The summed E-state index contributed by atoms with van der Waals surface area (Å²) in [5, 5.41) is 26.9. The summed E-state index contributed by atoms with van der Waals surface area (Å²) in [5.41, 5.74) is -0.635. The van der Waals surface area contributed by atoms with E-state index in [-0.39, 0.29) is 12.2 Å². The summed E-state index contributed by atoms with van der Waals surface area (Å²) < 4.78 is 5.78. The number of hydrogen-bond donors (Lipinski definition) is 4. The van der Waals surface area contributed by atoms with Crippen molar-refractivity contribution >= 4 is 23.6 Å². The lowest BCUT2D eigenvalue weighted by Crippen LogP contribution is -2.60. The summed E-state index contributed by atoms with van der Waals surface area (Å²) in [6, 6.07) is 11.8. The minimum absolute atomic E-state index is 0.189. The van der Waals surface area contributed by atoms with Gasteiger partial charge in [0.15, 0.2) is 23.3 Å². The number of nitrogens with zero attached hydrogens (tertiary/aromatic N) is 1. The van der Waals surface area contributed by atoms with Crippen LogP contribution < -0.4 is 10.6 Å². The molecule has 178 valence electrons. The minimum atomic E-state index is -2.36. The third-order valence-corrected chi connectivity index (χ3v) is 6.25. The average molecular weight is 467 g/mol. The maximum Gasteiger partial charge on any atom is 0.328 e. The quantitative estimate of drug-likeness (QED) is 0.469. The molecule has 34 heavy (non-hydrogen) atoms. The van der Waals surface area contributed by atoms with Crippen molar-refractivity contribution in [3.8, 4) is 0 Å². The van der Waals surface area contributed by atoms with Crippen LogP contribution in [0, 0.1) is 13.8 Å². The molecule has 4 rings (SSSR count). The molecule has 2 fully saturated rings. The monoisotopic (exact) mass is 467 g/mol. The molecule has 0 spiro atoms. The summed E-state index contributed by atoms with van der Waals surface area (Å²) in [6.45, 7) is 3.16. The summed E-state index contributed by atoms with van der Waals surface area (Å²) in [4.78, 5) is 51.8. The predicted octanol–water partition coefficient (Wildman–Crippen LogP) is 1.33. The van der Waals surface area contributed by atoms with Gasteiger partial charge < -0.3 is 20.3 Å². The second-order valence-electron chi connectivity index (χ2n) is 8.47. The number of aliphatic hydroxyl groups is 2. The molecule has 0 aliphatic carbocycles. The molecular weight excluding hydrogens is 442 g/mol. The van der Waals surface area contributed by atoms with E-state index in [1.54, 1.807) is 56.3 Å². The molecule has 10 nitrogen and oxygen atoms in total. The number of carbonyl (C=O) groups excluding carboxylic acids is 4. The van der Waals surface area contributed by atoms with E-state index in [2.05, 4.69) is 10.6 Å². The number of hydrogen-bond acceptors (Lipinski definition) is 7. The number of urea groups is 2. The molecule has 4 atom stereocenters. The number of imide groups is 1. The Morgan fingerprint density at radius 3 is 2.38 bits per heavy atom. The van der Waals surface area contributed by atoms with Crippen molar-refractivity contribution in [3.63, 3.8) is 0 Å². The molecule has 10 heteroatoms. The third kappa shape index (κ3) is 4.07. The standard InChI is InChI=1S/C24H25N3O7/c1-13-7-3-5-9-15(13)18(28)19(29)21-24(33,20(30)16-10-6-4-8-14(16)2)11-17(34-21)27-12-25-22(31)26-23(27)32/h3-10,17-18,21,28,33H,11-12H2,1-2H3,(H2,25,26,31,32)/t17-,18?,21-,24-/m1/s1. The molecule has 1 unspecified atom stereocenters. The molecular formula is C24H25N3O7. The number of aliphatic hydroxyl groups excluding tert-OH is 1. The molecule has 2 aromatic carbocycles. The van der Waals surface area contributed by atoms with E-state index in [1.165, 1.54) is 6.07 Å². The van der Waals surface area contributed by atoms with E-state index in [4.69, 9.17) is 4.74 Å². The molecule has 0 aromatic heterocycles. The summed E-state index contributed by atoms with van der Waals surface area (Å²) in [5.74, 6) is -1.67. The Morgan fingerprint density at radius 1 is 1.09 bits per heavy atom. The van der Waals surface area contributed by atoms with Gasteiger partial charge in [-0.15, -0.1) is 0 Å². The fourth-order valence-corrected chi connectivity index (χ4v) is 4.31. The molecule has 2 heterocycles. The number of rotatable bonds is 6. The van der Waals surface area contributed by atoms with Crippen LogP contribution in [-0.4, -0.2) is 63.3 Å². The van der Waals surface area contributed by atoms with Crippen LogP contribution in [0.3, 0.4) is 0 Å². The normalized spacial score (nSPS) is 25.5. The zero-order valence-corrected chi connectivity index (χ0v) is 18.6. The van der Waals surface area contributed by atoms with Gasteiger partial charge in [-0.05, 0) is 30.5 Å². The van der Waals surface area contributed by atoms with Gasteiger partial charge in [-0.2, -0.15) is 0 Å². The Bertz CT molecular complexity index is 1170. The van der Waals surface area contributed by atoms with Crippen molar-refractivity contribution in [2.75, 3.05) is 6.67 Å². The number of aryl methyl sites for hydroxylation is 2. The molecule has 0 radical (unpaired) electrons. The van der Waals surface area contributed by atoms with Gasteiger partial charge in [0.2, 0.25) is 0 Å². The molecule has 4 amide bonds. The molecule has 4 N–H and O–H groups in total. The first-order valence-electron chi connectivity index (χ1n) is 10.7. The third-order valence-electron chi connectivity index (χ3n) is 6.25. The van der Waals surface area contributed by atoms with Crippen LogP contribution in [0.15, 0.2) is 48.5 Å². The van der Waals surface area contributed by atoms with Crippen molar-refractivity contribution in [1.29, 1.82) is 0 Å². The summed E-state index contributed by atoms with van der Waals surface area (Å²) in [6.07, 6.45) is -5.07. The molecule has 2 aliphatic rings. The SMILES string of the molecule is Cc1ccccc1C(=O)[C@]1(O)C[C@H](N2CNC(=O)NC2=O)O[C@@H]1C(=O)C(O)c1ccccc1C. The summed E-state index contributed by atoms with van der Waals surface area (Å²) >= 11 is 0. The van der Waals surface area contributed by atoms with Gasteiger partial charge in [0.1, 0.15) is 12.3 Å². The maximum absolute atomic E-state index is 13.5. The molecule has 0 bridgehead atoms. The second kappa shape index (κ2) is 8.98. The Labute approximate surface area is 195 Å². The van der Waals surface area contributed by atoms with E-state index >= 15 is 0 Å². The topological polar surface area (TPSA) is 145 Å². The lowest BCUT2D eigenvalue weighted by atomic mass is 9.81. The van der Waals surface area contributed by atoms with Gasteiger partial charge in [-0.3, -0.25) is 19.8 Å². The van der Waals surface area contributed by atoms with Gasteiger partial charge in [0.05, 0.1) is 6.67 Å². The zero-order valence-electron chi connectivity index (χ0n) is 18.6. The van der Waals surface area contributed by atoms with E-state index in [0.717, 1.165) is 4.90 Å². The highest BCUT2D eigenvalue weighted by Crippen LogP contribution is 2.39. The fraction of sp³-hybridized carbons (Fsp3) is 0.333. The lowest BCUT2D eigenvalue weighted by molar-refractivity contribution is -0.149. The van der Waals surface area contributed by atoms with Crippen LogP contribution in [0.5, 0.6) is 0 Å². The highest BCUT2D eigenvalue weighted by molar-refractivity contribution is 6.08. The highest BCUT2D eigenvalue weighted by Gasteiger charge is 2.59. The number of amides is 4. The van der Waals surface area contributed by atoms with Crippen molar-refractivity contribution in [1.82, 2.24) is 15.5 Å². The number of Topliss-reactive ketones (excluding diaryl/α,β-unsaturated/α-hetero) is 2. The number of nitrogens with one attached hydrogen (secondary N) is 2. The van der Waals surface area contributed by atoms with Gasteiger partial charge >= 0.3 is 12.1 Å². The average Bonchev–Trinajstić information content (AvgIpc) is 3.16. The predicted molar refractivity (Wildman–Crippen MR) is 119 cm³/mol. The second-order valence-corrected chi connectivity index (χ2v) is 8.47. The Hall–Kier alpha value is -3.60. The lowest BCUT2D eigenvalue weighted by Gasteiger charge is -2.31. The van der Waals surface area contributed by atoms with Crippen molar-refractivity contribution in [2.45, 2.75) is 44.3 Å². The van der Waals surface area contributed by atoms with Crippen LogP contribution in [0.1, 0.15) is 39.6 Å². The highest BCUT2D eigenvalue weighted by atomic mass is 16.5. The molecule has 2 saturated heterocycles. The van der Waals surface area contributed by atoms with Gasteiger partial charge in [-0.25, -0.2) is 9.59 Å². The smallest absolute Gasteiger partial charge is 0.328 e. The number of ether oxygens (including phenoxy) is 1. The van der Waals surface area contributed by atoms with Crippen LogP contribution >= 0.6 is 0 Å². The van der Waals surface area contributed by atoms with Crippen LogP contribution in [0.25, 0.3) is 0 Å². The van der Waals surface area contributed by atoms with Gasteiger partial charge in [-0.1, -0.05) is 48.5 Å². The zero-order chi connectivity index (χ0) is 24.6. The Kier molecular flexibility index (Phi) is 6.22. The van der Waals surface area contributed by atoms with E-state index in [0.29, 0.717) is 16.7 Å². The first-order chi connectivity index (χ1) is 16.1.